The summed E-state index contributed by atoms with van der Waals surface area (Å²) in [4.78, 5) is 22.4. The number of hydrogen-bond donors (Lipinski definition) is 0. The van der Waals surface area contributed by atoms with E-state index >= 15 is 0 Å². The van der Waals surface area contributed by atoms with E-state index in [-0.39, 0.29) is 5.91 Å². The van der Waals surface area contributed by atoms with Gasteiger partial charge in [-0.2, -0.15) is 0 Å². The van der Waals surface area contributed by atoms with Crippen LogP contribution < -0.4 is 0 Å². The molecule has 1 fully saturated rings. The van der Waals surface area contributed by atoms with Gasteiger partial charge in [0.05, 0.1) is 17.3 Å². The number of carbonyl (C=O) groups excluding carboxylic acids is 1. The van der Waals surface area contributed by atoms with Gasteiger partial charge in [0.2, 0.25) is 0 Å². The number of amides is 1. The number of halogens is 1. The molecular formula is C21H20FN3O. The summed E-state index contributed by atoms with van der Waals surface area (Å²) in [5.41, 5.74) is 2.65. The fraction of sp³-hybridized carbons (Fsp3) is 0.286. The highest BCUT2D eigenvalue weighted by Gasteiger charge is 2.24. The molecule has 1 saturated heterocycles. The number of fused-ring (bicyclic) bond motifs is 1. The largest absolute Gasteiger partial charge is 0.339 e. The molecule has 0 aliphatic carbocycles. The molecule has 0 atom stereocenters. The van der Waals surface area contributed by atoms with Crippen molar-refractivity contribution in [3.05, 3.63) is 71.9 Å². The van der Waals surface area contributed by atoms with Gasteiger partial charge < -0.3 is 4.90 Å². The zero-order chi connectivity index (χ0) is 17.9. The van der Waals surface area contributed by atoms with E-state index in [1.165, 1.54) is 17.8 Å². The van der Waals surface area contributed by atoms with E-state index in [1.807, 2.05) is 12.3 Å². The van der Waals surface area contributed by atoms with E-state index in [0.717, 1.165) is 36.4 Å². The highest BCUT2D eigenvalue weighted by atomic mass is 19.1. The Labute approximate surface area is 151 Å². The van der Waals surface area contributed by atoms with Crippen LogP contribution >= 0.6 is 0 Å². The SMILES string of the molecule is O=C(c1cncc(F)c1)N1CCC(Cc2ccc3ncccc3c2)CC1. The zero-order valence-electron chi connectivity index (χ0n) is 14.4. The maximum Gasteiger partial charge on any atom is 0.255 e. The normalized spacial score (nSPS) is 15.3. The molecule has 0 unspecified atom stereocenters. The fourth-order valence-corrected chi connectivity index (χ4v) is 3.64. The smallest absolute Gasteiger partial charge is 0.255 e. The molecule has 1 aliphatic heterocycles. The first-order valence-electron chi connectivity index (χ1n) is 8.92. The lowest BCUT2D eigenvalue weighted by Gasteiger charge is -2.32. The van der Waals surface area contributed by atoms with Crippen molar-refractivity contribution in [2.24, 2.45) is 5.92 Å². The number of benzene rings is 1. The summed E-state index contributed by atoms with van der Waals surface area (Å²) in [5.74, 6) is -0.0532. The molecule has 4 rings (SSSR count). The lowest BCUT2D eigenvalue weighted by molar-refractivity contribution is 0.0689. The van der Waals surface area contributed by atoms with E-state index in [1.54, 1.807) is 4.90 Å². The minimum Gasteiger partial charge on any atom is -0.339 e. The number of piperidine rings is 1. The van der Waals surface area contributed by atoms with Crippen LogP contribution in [0.25, 0.3) is 10.9 Å². The Morgan fingerprint density at radius 3 is 2.81 bits per heavy atom. The van der Waals surface area contributed by atoms with Crippen molar-refractivity contribution in [2.45, 2.75) is 19.3 Å². The lowest BCUT2D eigenvalue weighted by atomic mass is 9.89. The Balaban J connectivity index is 1.37. The van der Waals surface area contributed by atoms with E-state index in [9.17, 15) is 9.18 Å². The van der Waals surface area contributed by atoms with Gasteiger partial charge in [-0.1, -0.05) is 12.1 Å². The van der Waals surface area contributed by atoms with Gasteiger partial charge in [-0.15, -0.1) is 0 Å². The average Bonchev–Trinajstić information content (AvgIpc) is 2.68. The lowest BCUT2D eigenvalue weighted by Crippen LogP contribution is -2.39. The summed E-state index contributed by atoms with van der Waals surface area (Å²) < 4.78 is 13.3. The van der Waals surface area contributed by atoms with Gasteiger partial charge in [-0.25, -0.2) is 4.39 Å². The van der Waals surface area contributed by atoms with E-state index in [0.29, 0.717) is 24.6 Å². The quantitative estimate of drug-likeness (QED) is 0.721. The van der Waals surface area contributed by atoms with Crippen molar-refractivity contribution in [2.75, 3.05) is 13.1 Å². The van der Waals surface area contributed by atoms with Crippen LogP contribution in [0.15, 0.2) is 55.0 Å². The summed E-state index contributed by atoms with van der Waals surface area (Å²) in [7, 11) is 0. The van der Waals surface area contributed by atoms with Gasteiger partial charge in [0.25, 0.3) is 5.91 Å². The Morgan fingerprint density at radius 2 is 2.00 bits per heavy atom. The molecule has 0 saturated carbocycles. The summed E-state index contributed by atoms with van der Waals surface area (Å²) in [6.45, 7) is 1.41. The molecule has 1 aliphatic rings. The van der Waals surface area contributed by atoms with Gasteiger partial charge in [0, 0.05) is 30.9 Å². The van der Waals surface area contributed by atoms with Crippen molar-refractivity contribution in [3.63, 3.8) is 0 Å². The zero-order valence-corrected chi connectivity index (χ0v) is 14.4. The average molecular weight is 349 g/mol. The van der Waals surface area contributed by atoms with Crippen LogP contribution in [0.2, 0.25) is 0 Å². The third-order valence-corrected chi connectivity index (χ3v) is 5.05. The third-order valence-electron chi connectivity index (χ3n) is 5.05. The van der Waals surface area contributed by atoms with Crippen LogP contribution in [0.4, 0.5) is 4.39 Å². The first-order chi connectivity index (χ1) is 12.7. The molecule has 0 spiro atoms. The molecule has 1 aromatic carbocycles. The molecule has 3 aromatic rings. The number of likely N-dealkylation sites (tertiary alicyclic amines) is 1. The second kappa shape index (κ2) is 7.20. The Hall–Kier alpha value is -2.82. The van der Waals surface area contributed by atoms with Gasteiger partial charge in [-0.05, 0) is 55.0 Å². The van der Waals surface area contributed by atoms with Crippen molar-refractivity contribution >= 4 is 16.8 Å². The topological polar surface area (TPSA) is 46.1 Å². The predicted octanol–water partition coefficient (Wildman–Crippen LogP) is 3.86. The molecule has 0 radical (unpaired) electrons. The third kappa shape index (κ3) is 3.57. The molecule has 26 heavy (non-hydrogen) atoms. The van der Waals surface area contributed by atoms with Crippen LogP contribution in [0.3, 0.4) is 0 Å². The van der Waals surface area contributed by atoms with E-state index < -0.39 is 5.82 Å². The Morgan fingerprint density at radius 1 is 1.15 bits per heavy atom. The molecule has 2 aromatic heterocycles. The van der Waals surface area contributed by atoms with Gasteiger partial charge in [0.15, 0.2) is 0 Å². The number of nitrogens with zero attached hydrogens (tertiary/aromatic N) is 3. The second-order valence-corrected chi connectivity index (χ2v) is 6.86. The number of hydrogen-bond acceptors (Lipinski definition) is 3. The van der Waals surface area contributed by atoms with E-state index in [2.05, 4.69) is 34.2 Å². The predicted molar refractivity (Wildman–Crippen MR) is 98.3 cm³/mol. The highest BCUT2D eigenvalue weighted by Crippen LogP contribution is 2.24. The molecule has 4 nitrogen and oxygen atoms in total. The monoisotopic (exact) mass is 349 g/mol. The maximum absolute atomic E-state index is 13.3. The Kier molecular flexibility index (Phi) is 4.61. The van der Waals surface area contributed by atoms with Gasteiger partial charge >= 0.3 is 0 Å². The van der Waals surface area contributed by atoms with Crippen molar-refractivity contribution in [3.8, 4) is 0 Å². The minimum absolute atomic E-state index is 0.132. The van der Waals surface area contributed by atoms with Gasteiger partial charge in [-0.3, -0.25) is 14.8 Å². The van der Waals surface area contributed by atoms with Crippen LogP contribution in [0, 0.1) is 11.7 Å². The summed E-state index contributed by atoms with van der Waals surface area (Å²) >= 11 is 0. The summed E-state index contributed by atoms with van der Waals surface area (Å²) in [6, 6.07) is 11.7. The van der Waals surface area contributed by atoms with Crippen LogP contribution in [0.1, 0.15) is 28.8 Å². The van der Waals surface area contributed by atoms with Crippen molar-refractivity contribution in [1.82, 2.24) is 14.9 Å². The summed E-state index contributed by atoms with van der Waals surface area (Å²) in [6.07, 6.45) is 7.28. The molecule has 132 valence electrons. The van der Waals surface area contributed by atoms with Crippen LogP contribution in [-0.4, -0.2) is 33.9 Å². The molecule has 0 N–H and O–H groups in total. The minimum atomic E-state index is -0.475. The number of aromatic nitrogens is 2. The van der Waals surface area contributed by atoms with Crippen molar-refractivity contribution in [1.29, 1.82) is 0 Å². The standard InChI is InChI=1S/C21H20FN3O/c22-19-12-18(13-23-14-19)21(26)25-8-5-15(6-9-25)10-16-3-4-20-17(11-16)2-1-7-24-20/h1-4,7,11-15H,5-6,8-10H2. The molecule has 5 heteroatoms. The first-order valence-corrected chi connectivity index (χ1v) is 8.92. The molecule has 0 bridgehead atoms. The van der Waals surface area contributed by atoms with Crippen LogP contribution in [-0.2, 0) is 6.42 Å². The first kappa shape index (κ1) is 16.6. The number of rotatable bonds is 3. The van der Waals surface area contributed by atoms with Crippen molar-refractivity contribution < 1.29 is 9.18 Å². The second-order valence-electron chi connectivity index (χ2n) is 6.86. The number of carbonyl (C=O) groups is 1. The highest BCUT2D eigenvalue weighted by molar-refractivity contribution is 5.94. The Bertz CT molecular complexity index is 935. The number of pyridine rings is 2. The summed E-state index contributed by atoms with van der Waals surface area (Å²) in [5, 5.41) is 1.16. The molecular weight excluding hydrogens is 329 g/mol. The maximum atomic E-state index is 13.3. The molecule has 1 amide bonds. The van der Waals surface area contributed by atoms with E-state index in [4.69, 9.17) is 0 Å². The fourth-order valence-electron chi connectivity index (χ4n) is 3.64. The van der Waals surface area contributed by atoms with Crippen LogP contribution in [0.5, 0.6) is 0 Å². The van der Waals surface area contributed by atoms with Gasteiger partial charge in [0.1, 0.15) is 5.82 Å². The molecule has 3 heterocycles.